The fourth-order valence-corrected chi connectivity index (χ4v) is 2.68. The van der Waals surface area contributed by atoms with Gasteiger partial charge in [-0.15, -0.1) is 11.3 Å². The van der Waals surface area contributed by atoms with Crippen LogP contribution in [0.5, 0.6) is 0 Å². The number of nitro groups is 1. The lowest BCUT2D eigenvalue weighted by Gasteiger charge is -2.07. The molecule has 2 aromatic rings. The number of nitrogens with two attached hydrogens (primary N) is 1. The summed E-state index contributed by atoms with van der Waals surface area (Å²) < 4.78 is 0.659. The summed E-state index contributed by atoms with van der Waals surface area (Å²) in [4.78, 5) is 11.2. The van der Waals surface area contributed by atoms with Gasteiger partial charge in [0.15, 0.2) is 0 Å². The van der Waals surface area contributed by atoms with E-state index in [0.29, 0.717) is 11.0 Å². The van der Waals surface area contributed by atoms with Crippen molar-refractivity contribution < 1.29 is 4.92 Å². The van der Waals surface area contributed by atoms with Crippen molar-refractivity contribution in [1.29, 1.82) is 0 Å². The van der Waals surface area contributed by atoms with E-state index >= 15 is 0 Å². The summed E-state index contributed by atoms with van der Waals surface area (Å²) in [7, 11) is 0. The number of halogens is 1. The number of anilines is 2. The highest BCUT2D eigenvalue weighted by Gasteiger charge is 2.09. The van der Waals surface area contributed by atoms with Gasteiger partial charge in [-0.2, -0.15) is 0 Å². The predicted octanol–water partition coefficient (Wildman–Crippen LogP) is 3.61. The molecule has 0 saturated heterocycles. The molecule has 5 nitrogen and oxygen atoms in total. The summed E-state index contributed by atoms with van der Waals surface area (Å²) in [6, 6.07) is 6.46. The second-order valence-electron chi connectivity index (χ2n) is 3.57. The van der Waals surface area contributed by atoms with Crippen molar-refractivity contribution >= 4 is 44.3 Å². The van der Waals surface area contributed by atoms with E-state index in [2.05, 4.69) is 21.2 Å². The highest BCUT2D eigenvalue weighted by Crippen LogP contribution is 2.28. The molecule has 2 rings (SSSR count). The molecule has 18 heavy (non-hydrogen) atoms. The average Bonchev–Trinajstić information content (AvgIpc) is 2.73. The maximum atomic E-state index is 10.6. The van der Waals surface area contributed by atoms with Crippen LogP contribution in [-0.2, 0) is 6.54 Å². The number of thiophene rings is 1. The van der Waals surface area contributed by atoms with Crippen molar-refractivity contribution in [3.05, 3.63) is 49.1 Å². The van der Waals surface area contributed by atoms with E-state index in [9.17, 15) is 10.1 Å². The highest BCUT2D eigenvalue weighted by molar-refractivity contribution is 9.10. The van der Waals surface area contributed by atoms with Crippen LogP contribution < -0.4 is 11.1 Å². The zero-order valence-electron chi connectivity index (χ0n) is 9.22. The molecule has 1 aromatic heterocycles. The minimum absolute atomic E-state index is 0.0584. The van der Waals surface area contributed by atoms with Crippen LogP contribution in [0.1, 0.15) is 4.88 Å². The Bertz CT molecular complexity index is 585. The molecule has 0 aliphatic rings. The van der Waals surface area contributed by atoms with Gasteiger partial charge in [0.2, 0.25) is 0 Å². The van der Waals surface area contributed by atoms with Crippen LogP contribution in [0.3, 0.4) is 0 Å². The minimum atomic E-state index is -0.425. The second-order valence-corrected chi connectivity index (χ2v) is 5.43. The van der Waals surface area contributed by atoms with Crippen LogP contribution in [0.4, 0.5) is 17.1 Å². The molecule has 94 valence electrons. The van der Waals surface area contributed by atoms with Crippen LogP contribution in [0.2, 0.25) is 0 Å². The van der Waals surface area contributed by atoms with Crippen molar-refractivity contribution in [2.45, 2.75) is 6.54 Å². The molecule has 0 spiro atoms. The molecule has 0 aliphatic heterocycles. The number of nitrogen functional groups attached to an aromatic ring is 1. The fraction of sp³-hybridized carbons (Fsp3) is 0.0909. The Hall–Kier alpha value is -1.60. The van der Waals surface area contributed by atoms with E-state index in [0.717, 1.165) is 16.3 Å². The van der Waals surface area contributed by atoms with Crippen molar-refractivity contribution in [3.63, 3.8) is 0 Å². The van der Waals surface area contributed by atoms with E-state index in [1.807, 2.05) is 11.4 Å². The lowest BCUT2D eigenvalue weighted by Crippen LogP contribution is -2.01. The largest absolute Gasteiger partial charge is 0.398 e. The summed E-state index contributed by atoms with van der Waals surface area (Å²) in [5.74, 6) is 0. The first-order chi connectivity index (χ1) is 8.58. The van der Waals surface area contributed by atoms with Gasteiger partial charge >= 0.3 is 0 Å². The van der Waals surface area contributed by atoms with E-state index in [1.54, 1.807) is 17.4 Å². The first-order valence-corrected chi connectivity index (χ1v) is 6.75. The molecule has 0 bridgehead atoms. The molecule has 3 N–H and O–H groups in total. The van der Waals surface area contributed by atoms with Crippen LogP contribution in [0.25, 0.3) is 0 Å². The summed E-state index contributed by atoms with van der Waals surface area (Å²) in [6.45, 7) is 0.597. The molecule has 1 aromatic carbocycles. The lowest BCUT2D eigenvalue weighted by molar-refractivity contribution is -0.384. The Morgan fingerprint density at radius 2 is 2.22 bits per heavy atom. The number of nitrogens with one attached hydrogen (secondary N) is 1. The normalized spacial score (nSPS) is 10.3. The number of nitro benzene ring substituents is 1. The first kappa shape index (κ1) is 12.8. The Kier molecular flexibility index (Phi) is 3.83. The molecule has 0 saturated carbocycles. The zero-order valence-corrected chi connectivity index (χ0v) is 11.6. The average molecular weight is 328 g/mol. The molecule has 0 radical (unpaired) electrons. The third kappa shape index (κ3) is 2.80. The first-order valence-electron chi connectivity index (χ1n) is 5.07. The SMILES string of the molecule is Nc1ccsc1CNc1ccc([N+](=O)[O-])cc1Br. The molecular weight excluding hydrogens is 318 g/mol. The molecule has 0 aliphatic carbocycles. The second kappa shape index (κ2) is 5.36. The van der Waals surface area contributed by atoms with Gasteiger partial charge in [-0.3, -0.25) is 10.1 Å². The van der Waals surface area contributed by atoms with Gasteiger partial charge in [-0.1, -0.05) is 0 Å². The number of benzene rings is 1. The number of non-ortho nitro benzene ring substituents is 1. The van der Waals surface area contributed by atoms with Gasteiger partial charge in [0.25, 0.3) is 5.69 Å². The molecular formula is C11H10BrN3O2S. The molecule has 7 heteroatoms. The summed E-state index contributed by atoms with van der Waals surface area (Å²) in [6.07, 6.45) is 0. The van der Waals surface area contributed by atoms with Gasteiger partial charge in [0.05, 0.1) is 11.5 Å². The summed E-state index contributed by atoms with van der Waals surface area (Å²) in [5.41, 5.74) is 7.39. The summed E-state index contributed by atoms with van der Waals surface area (Å²) in [5, 5.41) is 15.7. The Labute approximate surface area is 116 Å². The van der Waals surface area contributed by atoms with E-state index in [-0.39, 0.29) is 5.69 Å². The minimum Gasteiger partial charge on any atom is -0.398 e. The van der Waals surface area contributed by atoms with E-state index in [4.69, 9.17) is 5.73 Å². The maximum absolute atomic E-state index is 10.6. The van der Waals surface area contributed by atoms with Crippen molar-refractivity contribution in [2.75, 3.05) is 11.1 Å². The monoisotopic (exact) mass is 327 g/mol. The maximum Gasteiger partial charge on any atom is 0.270 e. The van der Waals surface area contributed by atoms with Crippen LogP contribution in [0, 0.1) is 10.1 Å². The lowest BCUT2D eigenvalue weighted by atomic mass is 10.3. The van der Waals surface area contributed by atoms with Crippen LogP contribution >= 0.6 is 27.3 Å². The quantitative estimate of drug-likeness (QED) is 0.663. The van der Waals surface area contributed by atoms with Gasteiger partial charge in [0, 0.05) is 32.9 Å². The summed E-state index contributed by atoms with van der Waals surface area (Å²) >= 11 is 4.88. The molecule has 1 heterocycles. The van der Waals surface area contributed by atoms with Crippen molar-refractivity contribution in [3.8, 4) is 0 Å². The van der Waals surface area contributed by atoms with Crippen LogP contribution in [0.15, 0.2) is 34.1 Å². The Morgan fingerprint density at radius 1 is 1.44 bits per heavy atom. The van der Waals surface area contributed by atoms with Crippen LogP contribution in [-0.4, -0.2) is 4.92 Å². The van der Waals surface area contributed by atoms with Gasteiger partial charge in [-0.05, 0) is 33.4 Å². The Balaban J connectivity index is 2.11. The van der Waals surface area contributed by atoms with Gasteiger partial charge in [-0.25, -0.2) is 0 Å². The smallest absolute Gasteiger partial charge is 0.270 e. The van der Waals surface area contributed by atoms with Crippen molar-refractivity contribution in [2.24, 2.45) is 0 Å². The molecule has 0 unspecified atom stereocenters. The Morgan fingerprint density at radius 3 is 2.78 bits per heavy atom. The topological polar surface area (TPSA) is 81.2 Å². The number of hydrogen-bond acceptors (Lipinski definition) is 5. The van der Waals surface area contributed by atoms with Gasteiger partial charge in [0.1, 0.15) is 0 Å². The number of hydrogen-bond donors (Lipinski definition) is 2. The standard InChI is InChI=1S/C11H10BrN3O2S/c12-8-5-7(15(16)17)1-2-10(8)14-6-11-9(13)3-4-18-11/h1-5,14H,6,13H2. The van der Waals surface area contributed by atoms with E-state index < -0.39 is 4.92 Å². The third-order valence-electron chi connectivity index (χ3n) is 2.38. The number of rotatable bonds is 4. The molecule has 0 fully saturated rings. The zero-order chi connectivity index (χ0) is 13.1. The third-order valence-corrected chi connectivity index (χ3v) is 3.98. The predicted molar refractivity (Wildman–Crippen MR) is 76.9 cm³/mol. The van der Waals surface area contributed by atoms with Crippen molar-refractivity contribution in [1.82, 2.24) is 0 Å². The molecule has 0 amide bonds. The van der Waals surface area contributed by atoms with Gasteiger partial charge < -0.3 is 11.1 Å². The molecule has 0 atom stereocenters. The number of nitrogens with zero attached hydrogens (tertiary/aromatic N) is 1. The van der Waals surface area contributed by atoms with E-state index in [1.165, 1.54) is 12.1 Å². The fourth-order valence-electron chi connectivity index (χ4n) is 1.43. The highest BCUT2D eigenvalue weighted by atomic mass is 79.9.